The van der Waals surface area contributed by atoms with Crippen LogP contribution in [0.25, 0.3) is 0 Å². The van der Waals surface area contributed by atoms with Crippen LogP contribution in [0.3, 0.4) is 0 Å². The number of ether oxygens (including phenoxy) is 1. The van der Waals surface area contributed by atoms with Crippen LogP contribution in [-0.2, 0) is 16.1 Å². The maximum absolute atomic E-state index is 12.7. The molecule has 1 aromatic carbocycles. The van der Waals surface area contributed by atoms with Gasteiger partial charge in [0.2, 0.25) is 0 Å². The van der Waals surface area contributed by atoms with Crippen LogP contribution in [0.5, 0.6) is 0 Å². The van der Waals surface area contributed by atoms with Crippen LogP contribution < -0.4 is 5.32 Å². The summed E-state index contributed by atoms with van der Waals surface area (Å²) in [5.74, 6) is 2.27. The van der Waals surface area contributed by atoms with E-state index in [1.807, 2.05) is 31.3 Å². The lowest BCUT2D eigenvalue weighted by Gasteiger charge is -2.30. The standard InChI is InChI=1S/C18H23NO2/c1-19-16-4-2-3-12(8-16)11-21-17(20)18-9-13-5-14(10-18)7-15(18)6-13/h2-4,8,13-15,19H,5-7,9-11H2,1H3. The van der Waals surface area contributed by atoms with E-state index in [9.17, 15) is 4.79 Å². The van der Waals surface area contributed by atoms with Gasteiger partial charge in [-0.25, -0.2) is 0 Å². The summed E-state index contributed by atoms with van der Waals surface area (Å²) in [6.07, 6.45) is 6.06. The van der Waals surface area contributed by atoms with Gasteiger partial charge in [-0.15, -0.1) is 0 Å². The van der Waals surface area contributed by atoms with Crippen molar-refractivity contribution in [1.29, 1.82) is 0 Å². The molecular weight excluding hydrogens is 262 g/mol. The summed E-state index contributed by atoms with van der Waals surface area (Å²) < 4.78 is 5.72. The average Bonchev–Trinajstić information content (AvgIpc) is 2.90. The molecule has 3 nitrogen and oxygen atoms in total. The minimum atomic E-state index is -0.117. The van der Waals surface area contributed by atoms with E-state index in [0.29, 0.717) is 12.5 Å². The van der Waals surface area contributed by atoms with E-state index in [0.717, 1.165) is 35.9 Å². The maximum atomic E-state index is 12.7. The lowest BCUT2D eigenvalue weighted by atomic mass is 9.75. The van der Waals surface area contributed by atoms with E-state index >= 15 is 0 Å². The zero-order chi connectivity index (χ0) is 14.4. The topological polar surface area (TPSA) is 38.3 Å². The molecule has 3 heteroatoms. The molecule has 0 heterocycles. The van der Waals surface area contributed by atoms with Crippen molar-refractivity contribution in [2.75, 3.05) is 12.4 Å². The molecule has 4 aliphatic rings. The summed E-state index contributed by atoms with van der Waals surface area (Å²) in [7, 11) is 1.90. The van der Waals surface area contributed by atoms with E-state index in [2.05, 4.69) is 5.32 Å². The normalized spacial score (nSPS) is 36.0. The van der Waals surface area contributed by atoms with Crippen LogP contribution in [-0.4, -0.2) is 13.0 Å². The second-order valence-corrected chi connectivity index (χ2v) is 7.23. The van der Waals surface area contributed by atoms with Gasteiger partial charge in [0.1, 0.15) is 6.61 Å². The molecule has 4 fully saturated rings. The predicted molar refractivity (Wildman–Crippen MR) is 81.8 cm³/mol. The number of rotatable bonds is 4. The number of carbonyl (C=O) groups is 1. The van der Waals surface area contributed by atoms with Crippen molar-refractivity contribution in [3.63, 3.8) is 0 Å². The summed E-state index contributed by atoms with van der Waals surface area (Å²) in [5, 5.41) is 3.12. The molecule has 5 rings (SSSR count). The minimum Gasteiger partial charge on any atom is -0.460 e. The van der Waals surface area contributed by atoms with Gasteiger partial charge >= 0.3 is 5.97 Å². The Hall–Kier alpha value is -1.51. The fourth-order valence-electron chi connectivity index (χ4n) is 5.24. The predicted octanol–water partition coefficient (Wildman–Crippen LogP) is 3.60. The molecule has 0 spiro atoms. The molecule has 2 atom stereocenters. The molecule has 0 aliphatic heterocycles. The molecule has 21 heavy (non-hydrogen) atoms. The first-order valence-electron chi connectivity index (χ1n) is 8.13. The first-order chi connectivity index (χ1) is 10.2. The summed E-state index contributed by atoms with van der Waals surface area (Å²) >= 11 is 0. The third-order valence-corrected chi connectivity index (χ3v) is 5.98. The van der Waals surface area contributed by atoms with E-state index in [4.69, 9.17) is 4.74 Å². The highest BCUT2D eigenvalue weighted by atomic mass is 16.5. The number of hydrogen-bond donors (Lipinski definition) is 1. The van der Waals surface area contributed by atoms with E-state index < -0.39 is 0 Å². The summed E-state index contributed by atoms with van der Waals surface area (Å²) in [6, 6.07) is 8.07. The van der Waals surface area contributed by atoms with Gasteiger partial charge in [-0.1, -0.05) is 12.1 Å². The summed E-state index contributed by atoms with van der Waals surface area (Å²) in [4.78, 5) is 12.7. The molecule has 112 valence electrons. The van der Waals surface area contributed by atoms with Crippen molar-refractivity contribution in [3.05, 3.63) is 29.8 Å². The van der Waals surface area contributed by atoms with Gasteiger partial charge in [-0.05, 0) is 67.6 Å². The zero-order valence-corrected chi connectivity index (χ0v) is 12.6. The van der Waals surface area contributed by atoms with Crippen LogP contribution in [0.15, 0.2) is 24.3 Å². The Morgan fingerprint density at radius 3 is 2.76 bits per heavy atom. The molecule has 0 amide bonds. The van der Waals surface area contributed by atoms with Gasteiger partial charge in [0.15, 0.2) is 0 Å². The molecule has 1 N–H and O–H groups in total. The van der Waals surface area contributed by atoms with Gasteiger partial charge in [0, 0.05) is 12.7 Å². The lowest BCUT2D eigenvalue weighted by Crippen LogP contribution is -2.34. The van der Waals surface area contributed by atoms with Gasteiger partial charge in [0.25, 0.3) is 0 Å². The van der Waals surface area contributed by atoms with Crippen molar-refractivity contribution < 1.29 is 9.53 Å². The molecule has 0 aromatic heterocycles. The zero-order valence-electron chi connectivity index (χ0n) is 12.6. The van der Waals surface area contributed by atoms with Crippen molar-refractivity contribution in [3.8, 4) is 0 Å². The largest absolute Gasteiger partial charge is 0.460 e. The van der Waals surface area contributed by atoms with Crippen LogP contribution in [0, 0.1) is 23.2 Å². The molecule has 4 saturated carbocycles. The minimum absolute atomic E-state index is 0.0760. The van der Waals surface area contributed by atoms with Crippen LogP contribution in [0.2, 0.25) is 0 Å². The van der Waals surface area contributed by atoms with Crippen LogP contribution in [0.4, 0.5) is 5.69 Å². The smallest absolute Gasteiger partial charge is 0.312 e. The number of nitrogens with one attached hydrogen (secondary N) is 1. The Kier molecular flexibility index (Phi) is 2.98. The molecule has 1 aromatic rings. The fraction of sp³-hybridized carbons (Fsp3) is 0.611. The van der Waals surface area contributed by atoms with Gasteiger partial charge in [-0.3, -0.25) is 4.79 Å². The monoisotopic (exact) mass is 285 g/mol. The molecule has 2 unspecified atom stereocenters. The third kappa shape index (κ3) is 2.05. The van der Waals surface area contributed by atoms with Gasteiger partial charge in [-0.2, -0.15) is 0 Å². The molecule has 0 saturated heterocycles. The molecule has 0 radical (unpaired) electrons. The first kappa shape index (κ1) is 13.2. The molecule has 4 aliphatic carbocycles. The Morgan fingerprint density at radius 2 is 2.05 bits per heavy atom. The Morgan fingerprint density at radius 1 is 1.29 bits per heavy atom. The maximum Gasteiger partial charge on any atom is 0.312 e. The second-order valence-electron chi connectivity index (χ2n) is 7.23. The van der Waals surface area contributed by atoms with Crippen LogP contribution in [0.1, 0.15) is 37.7 Å². The second kappa shape index (κ2) is 4.75. The number of hydrogen-bond acceptors (Lipinski definition) is 3. The van der Waals surface area contributed by atoms with Crippen molar-refractivity contribution >= 4 is 11.7 Å². The van der Waals surface area contributed by atoms with Gasteiger partial charge in [0.05, 0.1) is 5.41 Å². The number of benzene rings is 1. The first-order valence-corrected chi connectivity index (χ1v) is 8.13. The van der Waals surface area contributed by atoms with Crippen molar-refractivity contribution in [2.45, 2.75) is 38.7 Å². The van der Waals surface area contributed by atoms with E-state index in [1.165, 1.54) is 19.3 Å². The fourth-order valence-corrected chi connectivity index (χ4v) is 5.24. The van der Waals surface area contributed by atoms with Gasteiger partial charge < -0.3 is 10.1 Å². The summed E-state index contributed by atoms with van der Waals surface area (Å²) in [5.41, 5.74) is 2.00. The quantitative estimate of drug-likeness (QED) is 0.859. The highest BCUT2D eigenvalue weighted by Crippen LogP contribution is 2.65. The number of carbonyl (C=O) groups excluding carboxylic acids is 1. The number of esters is 1. The molecule has 4 bridgehead atoms. The highest BCUT2D eigenvalue weighted by molar-refractivity contribution is 5.78. The average molecular weight is 285 g/mol. The van der Waals surface area contributed by atoms with E-state index in [-0.39, 0.29) is 11.4 Å². The Labute approximate surface area is 126 Å². The highest BCUT2D eigenvalue weighted by Gasteiger charge is 2.62. The molecular formula is C18H23NO2. The van der Waals surface area contributed by atoms with Crippen molar-refractivity contribution in [2.24, 2.45) is 23.2 Å². The number of anilines is 1. The lowest BCUT2D eigenvalue weighted by molar-refractivity contribution is -0.159. The van der Waals surface area contributed by atoms with Crippen LogP contribution >= 0.6 is 0 Å². The van der Waals surface area contributed by atoms with E-state index in [1.54, 1.807) is 0 Å². The Balaban J connectivity index is 1.44. The SMILES string of the molecule is CNc1cccc(COC(=O)C23CC4CC(CC2C4)C3)c1. The third-order valence-electron chi connectivity index (χ3n) is 5.98. The summed E-state index contributed by atoms with van der Waals surface area (Å²) in [6.45, 7) is 0.401. The Bertz CT molecular complexity index is 554. The van der Waals surface area contributed by atoms with Crippen molar-refractivity contribution in [1.82, 2.24) is 0 Å².